The van der Waals surface area contributed by atoms with E-state index in [0.717, 1.165) is 5.69 Å². The van der Waals surface area contributed by atoms with Crippen LogP contribution in [0.3, 0.4) is 0 Å². The van der Waals surface area contributed by atoms with Crippen LogP contribution in [0.2, 0.25) is 0 Å². The molecule has 8 nitrogen and oxygen atoms in total. The molecule has 0 atom stereocenters. The minimum atomic E-state index is -1.07. The summed E-state index contributed by atoms with van der Waals surface area (Å²) < 4.78 is 5.15. The van der Waals surface area contributed by atoms with Crippen molar-refractivity contribution in [3.05, 3.63) is 82.9 Å². The summed E-state index contributed by atoms with van der Waals surface area (Å²) in [5.41, 5.74) is 1.75. The first-order valence-electron chi connectivity index (χ1n) is 8.96. The summed E-state index contributed by atoms with van der Waals surface area (Å²) >= 11 is 0. The average Bonchev–Trinajstić information content (AvgIpc) is 3.31. The van der Waals surface area contributed by atoms with Gasteiger partial charge in [0.1, 0.15) is 0 Å². The molecule has 0 fully saturated rings. The third-order valence-electron chi connectivity index (χ3n) is 4.67. The Bertz CT molecular complexity index is 1160. The van der Waals surface area contributed by atoms with Gasteiger partial charge >= 0.3 is 11.7 Å². The van der Waals surface area contributed by atoms with Crippen molar-refractivity contribution in [3.63, 3.8) is 0 Å². The van der Waals surface area contributed by atoms with E-state index in [1.54, 1.807) is 15.3 Å². The molecule has 28 heavy (non-hydrogen) atoms. The molecule has 4 aromatic heterocycles. The van der Waals surface area contributed by atoms with Crippen molar-refractivity contribution in [3.8, 4) is 0 Å². The quantitative estimate of drug-likeness (QED) is 0.532. The predicted molar refractivity (Wildman–Crippen MR) is 103 cm³/mol. The van der Waals surface area contributed by atoms with Gasteiger partial charge in [-0.1, -0.05) is 6.07 Å². The van der Waals surface area contributed by atoms with Gasteiger partial charge in [0, 0.05) is 56.5 Å². The number of imidazole rings is 1. The highest BCUT2D eigenvalue weighted by atomic mass is 16.4. The number of aryl methyl sites for hydroxylation is 4. The van der Waals surface area contributed by atoms with Crippen molar-refractivity contribution in [1.29, 1.82) is 0 Å². The standard InChI is InChI=1S/C20H19N5O3/c26-19(27)15-13-17-18(22-14-15)25(10-6-16-5-1-2-7-21-16)20(28)24(17)12-11-23-8-3-4-9-23/h1-5,7-9,13-14H,6,10-12H2,(H,26,27). The second kappa shape index (κ2) is 7.51. The highest BCUT2D eigenvalue weighted by molar-refractivity contribution is 5.90. The summed E-state index contributed by atoms with van der Waals surface area (Å²) in [6, 6.07) is 11.0. The molecule has 4 aromatic rings. The predicted octanol–water partition coefficient (Wildman–Crippen LogP) is 2.04. The Morgan fingerprint density at radius 1 is 1.00 bits per heavy atom. The van der Waals surface area contributed by atoms with Gasteiger partial charge in [-0.05, 0) is 30.3 Å². The molecule has 0 amide bonds. The molecule has 1 N–H and O–H groups in total. The van der Waals surface area contributed by atoms with Gasteiger partial charge in [-0.25, -0.2) is 14.6 Å². The van der Waals surface area contributed by atoms with Crippen LogP contribution in [0.4, 0.5) is 0 Å². The molecule has 0 saturated carbocycles. The van der Waals surface area contributed by atoms with E-state index in [0.29, 0.717) is 37.2 Å². The van der Waals surface area contributed by atoms with Gasteiger partial charge in [-0.15, -0.1) is 0 Å². The summed E-state index contributed by atoms with van der Waals surface area (Å²) in [6.07, 6.45) is 7.44. The van der Waals surface area contributed by atoms with E-state index >= 15 is 0 Å². The van der Waals surface area contributed by atoms with Crippen LogP contribution < -0.4 is 5.69 Å². The Morgan fingerprint density at radius 3 is 2.54 bits per heavy atom. The third kappa shape index (κ3) is 3.44. The third-order valence-corrected chi connectivity index (χ3v) is 4.67. The van der Waals surface area contributed by atoms with E-state index in [1.165, 1.54) is 12.3 Å². The lowest BCUT2D eigenvalue weighted by Crippen LogP contribution is -2.26. The van der Waals surface area contributed by atoms with Crippen molar-refractivity contribution in [2.45, 2.75) is 26.1 Å². The fourth-order valence-electron chi connectivity index (χ4n) is 3.23. The maximum absolute atomic E-state index is 13.1. The number of nitrogens with zero attached hydrogens (tertiary/aromatic N) is 5. The number of hydrogen-bond acceptors (Lipinski definition) is 4. The number of carboxylic acids is 1. The fraction of sp³-hybridized carbons (Fsp3) is 0.200. The highest BCUT2D eigenvalue weighted by Gasteiger charge is 2.17. The Morgan fingerprint density at radius 2 is 1.82 bits per heavy atom. The molecule has 0 spiro atoms. The number of rotatable bonds is 7. The Labute approximate surface area is 160 Å². The SMILES string of the molecule is O=C(O)c1cnc2c(c1)n(CCn1cccc1)c(=O)n2CCc1ccccn1. The lowest BCUT2D eigenvalue weighted by atomic mass is 10.2. The van der Waals surface area contributed by atoms with Gasteiger partial charge in [0.05, 0.1) is 11.1 Å². The van der Waals surface area contributed by atoms with E-state index in [2.05, 4.69) is 9.97 Å². The summed E-state index contributed by atoms with van der Waals surface area (Å²) in [6.45, 7) is 1.44. The number of aromatic carboxylic acids is 1. The van der Waals surface area contributed by atoms with Crippen molar-refractivity contribution in [1.82, 2.24) is 23.7 Å². The molecule has 0 aliphatic rings. The van der Waals surface area contributed by atoms with Crippen LogP contribution in [0, 0.1) is 0 Å². The van der Waals surface area contributed by atoms with Gasteiger partial charge in [0.2, 0.25) is 0 Å². The lowest BCUT2D eigenvalue weighted by molar-refractivity contribution is 0.0696. The Balaban J connectivity index is 1.72. The molecule has 8 heteroatoms. The first-order valence-corrected chi connectivity index (χ1v) is 8.96. The van der Waals surface area contributed by atoms with E-state index in [1.807, 2.05) is 47.3 Å². The Kier molecular flexibility index (Phi) is 4.76. The van der Waals surface area contributed by atoms with E-state index in [9.17, 15) is 14.7 Å². The van der Waals surface area contributed by atoms with Crippen LogP contribution >= 0.6 is 0 Å². The van der Waals surface area contributed by atoms with Gasteiger partial charge < -0.3 is 9.67 Å². The minimum absolute atomic E-state index is 0.0593. The summed E-state index contributed by atoms with van der Waals surface area (Å²) in [5.74, 6) is -1.07. The first kappa shape index (κ1) is 17.7. The average molecular weight is 377 g/mol. The van der Waals surface area contributed by atoms with Gasteiger partial charge in [0.15, 0.2) is 5.65 Å². The molecule has 4 heterocycles. The maximum Gasteiger partial charge on any atom is 0.337 e. The van der Waals surface area contributed by atoms with Crippen molar-refractivity contribution in [2.24, 2.45) is 0 Å². The van der Waals surface area contributed by atoms with Gasteiger partial charge in [0.25, 0.3) is 0 Å². The van der Waals surface area contributed by atoms with Crippen molar-refractivity contribution < 1.29 is 9.90 Å². The maximum atomic E-state index is 13.1. The van der Waals surface area contributed by atoms with Crippen molar-refractivity contribution >= 4 is 17.1 Å². The van der Waals surface area contributed by atoms with E-state index in [-0.39, 0.29) is 11.3 Å². The number of hydrogen-bond donors (Lipinski definition) is 1. The molecule has 0 aliphatic carbocycles. The minimum Gasteiger partial charge on any atom is -0.478 e. The molecule has 142 valence electrons. The zero-order chi connectivity index (χ0) is 19.5. The second-order valence-electron chi connectivity index (χ2n) is 6.45. The van der Waals surface area contributed by atoms with Gasteiger partial charge in [-0.3, -0.25) is 14.1 Å². The molecular formula is C20H19N5O3. The van der Waals surface area contributed by atoms with Gasteiger partial charge in [-0.2, -0.15) is 0 Å². The number of carboxylic acid groups (broad SMARTS) is 1. The molecule has 0 bridgehead atoms. The summed E-state index contributed by atoms with van der Waals surface area (Å²) in [7, 11) is 0. The summed E-state index contributed by atoms with van der Waals surface area (Å²) in [4.78, 5) is 33.0. The van der Waals surface area contributed by atoms with E-state index < -0.39 is 5.97 Å². The smallest absolute Gasteiger partial charge is 0.337 e. The topological polar surface area (TPSA) is 94.9 Å². The fourth-order valence-corrected chi connectivity index (χ4v) is 3.23. The zero-order valence-corrected chi connectivity index (χ0v) is 15.1. The van der Waals surface area contributed by atoms with Crippen LogP contribution in [-0.2, 0) is 26.1 Å². The number of pyridine rings is 2. The summed E-state index contributed by atoms with van der Waals surface area (Å²) in [5, 5.41) is 9.30. The normalized spacial score (nSPS) is 11.1. The number of fused-ring (bicyclic) bond motifs is 1. The van der Waals surface area contributed by atoms with Crippen molar-refractivity contribution in [2.75, 3.05) is 0 Å². The van der Waals surface area contributed by atoms with Crippen LogP contribution in [0.5, 0.6) is 0 Å². The Hall–Kier alpha value is -3.68. The second-order valence-corrected chi connectivity index (χ2v) is 6.45. The molecule has 4 rings (SSSR count). The molecule has 0 aromatic carbocycles. The monoisotopic (exact) mass is 377 g/mol. The zero-order valence-electron chi connectivity index (χ0n) is 15.1. The van der Waals surface area contributed by atoms with E-state index in [4.69, 9.17) is 0 Å². The highest BCUT2D eigenvalue weighted by Crippen LogP contribution is 2.14. The largest absolute Gasteiger partial charge is 0.478 e. The molecule has 0 aliphatic heterocycles. The lowest BCUT2D eigenvalue weighted by Gasteiger charge is -2.05. The molecular weight excluding hydrogens is 358 g/mol. The van der Waals surface area contributed by atoms with Crippen LogP contribution in [0.15, 0.2) is 66.0 Å². The number of aromatic nitrogens is 5. The number of carbonyl (C=O) groups is 1. The van der Waals surface area contributed by atoms with Crippen LogP contribution in [0.25, 0.3) is 11.2 Å². The first-order chi connectivity index (χ1) is 13.6. The van der Waals surface area contributed by atoms with Crippen LogP contribution in [-0.4, -0.2) is 34.7 Å². The molecule has 0 saturated heterocycles. The molecule has 0 radical (unpaired) electrons. The molecule has 0 unspecified atom stereocenters. The van der Waals surface area contributed by atoms with Crippen LogP contribution in [0.1, 0.15) is 16.1 Å².